The van der Waals surface area contributed by atoms with Crippen LogP contribution < -0.4 is 5.32 Å². The molecular formula is C10H16CuN4O4. The Kier molecular flexibility index (Phi) is 9.36. The standard InChI is InChI=1S/C5H9N2O2.C5H7N2O2.Cu/c2*8-5(9)4-3-6-1-2-7-4;/h4,6H,1-3H2,(H,8,9);1,4H,2-3H2,(H,8,9);/q2*-1;+2. The Hall–Kier alpha value is -0.991. The van der Waals surface area contributed by atoms with Crippen molar-refractivity contribution >= 4 is 18.2 Å². The Morgan fingerprint density at radius 1 is 1.21 bits per heavy atom. The molecule has 2 atom stereocenters. The van der Waals surface area contributed by atoms with E-state index in [0.29, 0.717) is 26.2 Å². The van der Waals surface area contributed by atoms with Gasteiger partial charge in [-0.15, -0.1) is 13.1 Å². The summed E-state index contributed by atoms with van der Waals surface area (Å²) in [5.41, 5.74) is 0. The SMILES string of the molecule is O=C(O)C1CN=CC[N-]1.O=C(O)C1CNCC[N-]1.[Cu+2]. The predicted molar refractivity (Wildman–Crippen MR) is 65.5 cm³/mol. The van der Waals surface area contributed by atoms with Crippen molar-refractivity contribution in [3.8, 4) is 0 Å². The first-order chi connectivity index (χ1) is 8.61. The van der Waals surface area contributed by atoms with Gasteiger partial charge in [-0.05, 0) is 31.4 Å². The number of aliphatic imine (C=N–C) groups is 1. The van der Waals surface area contributed by atoms with Crippen LogP contribution in [0, 0.1) is 0 Å². The third-order valence-corrected chi connectivity index (χ3v) is 2.36. The zero-order valence-corrected chi connectivity index (χ0v) is 11.1. The maximum absolute atomic E-state index is 10.2. The van der Waals surface area contributed by atoms with Crippen molar-refractivity contribution < 1.29 is 36.9 Å². The quantitative estimate of drug-likeness (QED) is 0.581. The van der Waals surface area contributed by atoms with Crippen molar-refractivity contribution in [3.63, 3.8) is 0 Å². The molecule has 0 aromatic carbocycles. The van der Waals surface area contributed by atoms with Crippen LogP contribution in [0.25, 0.3) is 10.6 Å². The van der Waals surface area contributed by atoms with Crippen LogP contribution in [0.2, 0.25) is 0 Å². The summed E-state index contributed by atoms with van der Waals surface area (Å²) in [4.78, 5) is 24.2. The van der Waals surface area contributed by atoms with Crippen LogP contribution in [0.3, 0.4) is 0 Å². The third-order valence-electron chi connectivity index (χ3n) is 2.36. The molecule has 0 saturated carbocycles. The van der Waals surface area contributed by atoms with Crippen LogP contribution in [0.4, 0.5) is 0 Å². The molecule has 2 heterocycles. The van der Waals surface area contributed by atoms with Gasteiger partial charge >= 0.3 is 17.1 Å². The topological polar surface area (TPSA) is 127 Å². The summed E-state index contributed by atoms with van der Waals surface area (Å²) in [7, 11) is 0. The predicted octanol–water partition coefficient (Wildman–Crippen LogP) is -0.688. The molecule has 1 radical (unpaired) electrons. The fourth-order valence-electron chi connectivity index (χ4n) is 1.39. The fourth-order valence-corrected chi connectivity index (χ4v) is 1.39. The Balaban J connectivity index is 0.000000324. The van der Waals surface area contributed by atoms with Crippen molar-refractivity contribution in [1.82, 2.24) is 5.32 Å². The Morgan fingerprint density at radius 3 is 2.21 bits per heavy atom. The second kappa shape index (κ2) is 9.88. The average molecular weight is 320 g/mol. The Morgan fingerprint density at radius 2 is 1.89 bits per heavy atom. The van der Waals surface area contributed by atoms with Crippen LogP contribution in [-0.2, 0) is 26.7 Å². The van der Waals surface area contributed by atoms with Gasteiger partial charge in [-0.1, -0.05) is 0 Å². The van der Waals surface area contributed by atoms with Crippen molar-refractivity contribution in [2.75, 3.05) is 32.7 Å². The van der Waals surface area contributed by atoms with E-state index in [4.69, 9.17) is 10.2 Å². The first kappa shape index (κ1) is 18.0. The number of piperazine rings is 1. The van der Waals surface area contributed by atoms with Gasteiger partial charge in [0.2, 0.25) is 0 Å². The van der Waals surface area contributed by atoms with Gasteiger partial charge < -0.3 is 31.2 Å². The van der Waals surface area contributed by atoms with E-state index >= 15 is 0 Å². The smallest absolute Gasteiger partial charge is 0.648 e. The monoisotopic (exact) mass is 319 g/mol. The number of rotatable bonds is 2. The second-order valence-electron chi connectivity index (χ2n) is 3.73. The van der Waals surface area contributed by atoms with Crippen LogP contribution >= 0.6 is 0 Å². The largest absolute Gasteiger partial charge is 2.00 e. The van der Waals surface area contributed by atoms with E-state index in [1.165, 1.54) is 0 Å². The van der Waals surface area contributed by atoms with E-state index in [0.717, 1.165) is 6.54 Å². The third kappa shape index (κ3) is 7.24. The molecule has 0 aliphatic carbocycles. The molecule has 3 N–H and O–H groups in total. The molecule has 0 amide bonds. The average Bonchev–Trinajstić information content (AvgIpc) is 2.41. The van der Waals surface area contributed by atoms with Gasteiger partial charge in [-0.25, -0.2) is 0 Å². The maximum atomic E-state index is 10.2. The second-order valence-corrected chi connectivity index (χ2v) is 3.73. The summed E-state index contributed by atoms with van der Waals surface area (Å²) in [5.74, 6) is -1.71. The molecule has 0 aromatic rings. The number of hydrogen-bond donors (Lipinski definition) is 3. The van der Waals surface area contributed by atoms with E-state index in [1.807, 2.05) is 0 Å². The Bertz CT molecular complexity index is 321. The fraction of sp³-hybridized carbons (Fsp3) is 0.700. The minimum Gasteiger partial charge on any atom is -0.648 e. The van der Waals surface area contributed by atoms with Gasteiger partial charge in [-0.2, -0.15) is 0 Å². The minimum atomic E-state index is -0.883. The molecule has 0 bridgehead atoms. The number of aliphatic carboxylic acids is 2. The molecular weight excluding hydrogens is 304 g/mol. The van der Waals surface area contributed by atoms with Crippen molar-refractivity contribution in [2.45, 2.75) is 12.1 Å². The molecule has 1 fully saturated rings. The van der Waals surface area contributed by atoms with Crippen LogP contribution in [0.15, 0.2) is 4.99 Å². The van der Waals surface area contributed by atoms with Gasteiger partial charge in [0.15, 0.2) is 0 Å². The summed E-state index contributed by atoms with van der Waals surface area (Å²) in [6.07, 6.45) is 1.62. The normalized spacial score (nSPS) is 25.5. The van der Waals surface area contributed by atoms with Gasteiger partial charge in [0, 0.05) is 6.54 Å². The number of nitrogens with zero attached hydrogens (tertiary/aromatic N) is 3. The molecule has 19 heavy (non-hydrogen) atoms. The summed E-state index contributed by atoms with van der Waals surface area (Å²) in [6.45, 7) is 2.66. The number of carbonyl (C=O) groups is 2. The number of carboxylic acids is 2. The van der Waals surface area contributed by atoms with Crippen molar-refractivity contribution in [1.29, 1.82) is 0 Å². The van der Waals surface area contributed by atoms with Crippen LogP contribution in [0.1, 0.15) is 0 Å². The van der Waals surface area contributed by atoms with E-state index < -0.39 is 24.0 Å². The molecule has 8 nitrogen and oxygen atoms in total. The van der Waals surface area contributed by atoms with Gasteiger partial charge in [0.25, 0.3) is 11.9 Å². The Labute approximate surface area is 121 Å². The number of hydrogen-bond acceptors (Lipinski definition) is 4. The molecule has 1 saturated heterocycles. The molecule has 9 heteroatoms. The zero-order valence-electron chi connectivity index (χ0n) is 10.1. The summed E-state index contributed by atoms with van der Waals surface area (Å²) in [5, 5.41) is 27.4. The van der Waals surface area contributed by atoms with Crippen LogP contribution in [-0.4, -0.2) is 73.2 Å². The van der Waals surface area contributed by atoms with Crippen molar-refractivity contribution in [2.24, 2.45) is 4.99 Å². The van der Waals surface area contributed by atoms with Gasteiger partial charge in [0.05, 0.1) is 0 Å². The summed E-state index contributed by atoms with van der Waals surface area (Å²) < 4.78 is 0. The number of carboxylic acid groups (broad SMARTS) is 2. The molecule has 2 rings (SSSR count). The molecule has 2 aliphatic rings. The first-order valence-corrected chi connectivity index (χ1v) is 5.59. The number of nitrogens with one attached hydrogen (secondary N) is 1. The van der Waals surface area contributed by atoms with Crippen LogP contribution in [0.5, 0.6) is 0 Å². The molecule has 0 spiro atoms. The van der Waals surface area contributed by atoms with E-state index in [9.17, 15) is 9.59 Å². The van der Waals surface area contributed by atoms with E-state index in [2.05, 4.69) is 20.9 Å². The molecule has 0 aromatic heterocycles. The maximum Gasteiger partial charge on any atom is 2.00 e. The van der Waals surface area contributed by atoms with E-state index in [-0.39, 0.29) is 17.1 Å². The van der Waals surface area contributed by atoms with Gasteiger partial charge in [0.1, 0.15) is 0 Å². The first-order valence-electron chi connectivity index (χ1n) is 5.59. The van der Waals surface area contributed by atoms with Crippen molar-refractivity contribution in [3.05, 3.63) is 10.6 Å². The van der Waals surface area contributed by atoms with Gasteiger partial charge in [-0.3, -0.25) is 9.59 Å². The summed E-state index contributed by atoms with van der Waals surface area (Å²) >= 11 is 0. The molecule has 2 aliphatic heterocycles. The molecule has 111 valence electrons. The zero-order chi connectivity index (χ0) is 13.4. The van der Waals surface area contributed by atoms with E-state index in [1.54, 1.807) is 6.21 Å². The minimum absolute atomic E-state index is 0. The summed E-state index contributed by atoms with van der Waals surface area (Å²) in [6, 6.07) is -1.12. The molecule has 2 unspecified atom stereocenters.